The Kier molecular flexibility index (Phi) is 3.94. The standard InChI is InChI=1S/C19H20F3N7/c1-2-13-16-17(27-26-13)25-15(8-24-16)28-6-4-18(9-28)10-29(11-18)12-3-5-23-14(7-12)19(20,21)22/h3,5,7-8H,2,4,6,9-11H2,1H3,(H,25,26,27). The van der Waals surface area contributed by atoms with Gasteiger partial charge in [-0.05, 0) is 25.0 Å². The Bertz CT molecular complexity index is 1060. The fourth-order valence-corrected chi connectivity index (χ4v) is 4.34. The third kappa shape index (κ3) is 3.06. The summed E-state index contributed by atoms with van der Waals surface area (Å²) >= 11 is 0. The molecular formula is C19H20F3N7. The summed E-state index contributed by atoms with van der Waals surface area (Å²) in [6.45, 7) is 5.15. The molecule has 0 unspecified atom stereocenters. The second-order valence-corrected chi connectivity index (χ2v) is 7.88. The first-order valence-electron chi connectivity index (χ1n) is 9.60. The second-order valence-electron chi connectivity index (χ2n) is 7.88. The minimum absolute atomic E-state index is 0.0679. The summed E-state index contributed by atoms with van der Waals surface area (Å²) in [7, 11) is 0. The maximum Gasteiger partial charge on any atom is 0.433 e. The van der Waals surface area contributed by atoms with Crippen LogP contribution in [-0.2, 0) is 12.6 Å². The number of aromatic nitrogens is 5. The van der Waals surface area contributed by atoms with E-state index in [1.807, 2.05) is 11.8 Å². The number of pyridine rings is 1. The zero-order valence-corrected chi connectivity index (χ0v) is 15.9. The molecule has 29 heavy (non-hydrogen) atoms. The number of nitrogens with one attached hydrogen (secondary N) is 1. The molecular weight excluding hydrogens is 383 g/mol. The predicted octanol–water partition coefficient (Wildman–Crippen LogP) is 3.05. The summed E-state index contributed by atoms with van der Waals surface area (Å²) in [6.07, 6.45) is 0.373. The molecule has 2 fully saturated rings. The number of anilines is 2. The molecule has 0 aromatic carbocycles. The van der Waals surface area contributed by atoms with E-state index in [1.54, 1.807) is 12.3 Å². The minimum Gasteiger partial charge on any atom is -0.370 e. The molecule has 0 atom stereocenters. The average Bonchev–Trinajstić information content (AvgIpc) is 3.30. The van der Waals surface area contributed by atoms with Crippen LogP contribution >= 0.6 is 0 Å². The van der Waals surface area contributed by atoms with Crippen LogP contribution in [0, 0.1) is 5.41 Å². The first-order valence-corrected chi connectivity index (χ1v) is 9.60. The third-order valence-electron chi connectivity index (χ3n) is 5.89. The van der Waals surface area contributed by atoms with Crippen LogP contribution in [0.3, 0.4) is 0 Å². The van der Waals surface area contributed by atoms with E-state index >= 15 is 0 Å². The summed E-state index contributed by atoms with van der Waals surface area (Å²) in [6, 6.07) is 2.76. The van der Waals surface area contributed by atoms with Crippen LogP contribution in [0.15, 0.2) is 24.5 Å². The molecule has 152 valence electrons. The van der Waals surface area contributed by atoms with Gasteiger partial charge in [-0.1, -0.05) is 6.92 Å². The monoisotopic (exact) mass is 403 g/mol. The van der Waals surface area contributed by atoms with E-state index in [1.165, 1.54) is 6.20 Å². The van der Waals surface area contributed by atoms with Crippen molar-refractivity contribution in [3.05, 3.63) is 35.9 Å². The zero-order valence-electron chi connectivity index (χ0n) is 15.9. The topological polar surface area (TPSA) is 73.8 Å². The van der Waals surface area contributed by atoms with Gasteiger partial charge in [0.2, 0.25) is 5.65 Å². The van der Waals surface area contributed by atoms with Gasteiger partial charge in [0.15, 0.2) is 0 Å². The highest BCUT2D eigenvalue weighted by atomic mass is 19.4. The predicted molar refractivity (Wildman–Crippen MR) is 102 cm³/mol. The van der Waals surface area contributed by atoms with Gasteiger partial charge in [0, 0.05) is 43.5 Å². The molecule has 0 radical (unpaired) electrons. The highest BCUT2D eigenvalue weighted by Gasteiger charge is 2.48. The number of hydrogen-bond acceptors (Lipinski definition) is 6. The number of alkyl halides is 3. The van der Waals surface area contributed by atoms with E-state index in [0.717, 1.165) is 62.1 Å². The lowest BCUT2D eigenvalue weighted by atomic mass is 9.79. The normalized spacial score (nSPS) is 18.6. The number of aryl methyl sites for hydroxylation is 1. The van der Waals surface area contributed by atoms with Gasteiger partial charge in [0.25, 0.3) is 0 Å². The second kappa shape index (κ2) is 6.30. The van der Waals surface area contributed by atoms with Gasteiger partial charge in [-0.3, -0.25) is 10.1 Å². The summed E-state index contributed by atoms with van der Waals surface area (Å²) in [5, 5.41) is 7.21. The molecule has 5 heterocycles. The lowest BCUT2D eigenvalue weighted by Gasteiger charge is -2.49. The summed E-state index contributed by atoms with van der Waals surface area (Å²) in [5.41, 5.74) is 2.19. The molecule has 10 heteroatoms. The molecule has 7 nitrogen and oxygen atoms in total. The molecule has 2 saturated heterocycles. The van der Waals surface area contributed by atoms with Gasteiger partial charge in [-0.2, -0.15) is 18.3 Å². The van der Waals surface area contributed by atoms with Crippen LogP contribution in [0.1, 0.15) is 24.7 Å². The molecule has 1 N–H and O–H groups in total. The van der Waals surface area contributed by atoms with Crippen LogP contribution in [0.25, 0.3) is 11.2 Å². The molecule has 3 aromatic heterocycles. The van der Waals surface area contributed by atoms with Crippen molar-refractivity contribution in [3.8, 4) is 0 Å². The van der Waals surface area contributed by atoms with E-state index in [0.29, 0.717) is 11.3 Å². The van der Waals surface area contributed by atoms with Crippen molar-refractivity contribution in [3.63, 3.8) is 0 Å². The van der Waals surface area contributed by atoms with Crippen molar-refractivity contribution in [2.75, 3.05) is 36.0 Å². The van der Waals surface area contributed by atoms with E-state index in [4.69, 9.17) is 0 Å². The lowest BCUT2D eigenvalue weighted by molar-refractivity contribution is -0.141. The highest BCUT2D eigenvalue weighted by Crippen LogP contribution is 2.43. The van der Waals surface area contributed by atoms with Crippen molar-refractivity contribution in [2.24, 2.45) is 5.41 Å². The van der Waals surface area contributed by atoms with Crippen molar-refractivity contribution in [1.29, 1.82) is 0 Å². The summed E-state index contributed by atoms with van der Waals surface area (Å²) in [5.74, 6) is 0.797. The average molecular weight is 403 g/mol. The Morgan fingerprint density at radius 2 is 1.97 bits per heavy atom. The Morgan fingerprint density at radius 1 is 1.17 bits per heavy atom. The Morgan fingerprint density at radius 3 is 2.72 bits per heavy atom. The Balaban J connectivity index is 1.29. The number of rotatable bonds is 3. The van der Waals surface area contributed by atoms with Crippen LogP contribution in [0.4, 0.5) is 24.7 Å². The van der Waals surface area contributed by atoms with Gasteiger partial charge < -0.3 is 9.80 Å². The van der Waals surface area contributed by atoms with Crippen LogP contribution < -0.4 is 9.80 Å². The number of fused-ring (bicyclic) bond motifs is 1. The molecule has 0 aliphatic carbocycles. The number of aromatic amines is 1. The first kappa shape index (κ1) is 18.1. The number of hydrogen-bond donors (Lipinski definition) is 1. The van der Waals surface area contributed by atoms with Crippen molar-refractivity contribution in [2.45, 2.75) is 25.9 Å². The largest absolute Gasteiger partial charge is 0.433 e. The summed E-state index contributed by atoms with van der Waals surface area (Å²) < 4.78 is 38.7. The van der Waals surface area contributed by atoms with E-state index in [-0.39, 0.29) is 5.41 Å². The zero-order chi connectivity index (χ0) is 20.2. The number of nitrogens with zero attached hydrogens (tertiary/aromatic N) is 6. The van der Waals surface area contributed by atoms with Crippen molar-refractivity contribution in [1.82, 2.24) is 25.1 Å². The fraction of sp³-hybridized carbons (Fsp3) is 0.474. The molecule has 5 rings (SSSR count). The molecule has 2 aliphatic rings. The number of H-pyrrole nitrogens is 1. The molecule has 2 aliphatic heterocycles. The lowest BCUT2D eigenvalue weighted by Crippen LogP contribution is -2.57. The fourth-order valence-electron chi connectivity index (χ4n) is 4.34. The van der Waals surface area contributed by atoms with E-state index in [2.05, 4.69) is 30.0 Å². The molecule has 0 saturated carbocycles. The SMILES string of the molecule is CCc1[nH]nc2nc(N3CCC4(CN(c5ccnc(C(F)(F)F)c5)C4)C3)cnc12. The summed E-state index contributed by atoms with van der Waals surface area (Å²) in [4.78, 5) is 16.8. The van der Waals surface area contributed by atoms with Gasteiger partial charge in [0.05, 0.1) is 11.9 Å². The van der Waals surface area contributed by atoms with Gasteiger partial charge >= 0.3 is 6.18 Å². The maximum absolute atomic E-state index is 12.9. The van der Waals surface area contributed by atoms with Crippen LogP contribution in [0.5, 0.6) is 0 Å². The smallest absolute Gasteiger partial charge is 0.370 e. The first-order chi connectivity index (χ1) is 13.9. The third-order valence-corrected chi connectivity index (χ3v) is 5.89. The molecule has 1 spiro atoms. The van der Waals surface area contributed by atoms with Crippen LogP contribution in [-0.4, -0.2) is 51.3 Å². The maximum atomic E-state index is 12.9. The number of halogens is 3. The van der Waals surface area contributed by atoms with Crippen molar-refractivity contribution >= 4 is 22.7 Å². The van der Waals surface area contributed by atoms with E-state index in [9.17, 15) is 13.2 Å². The van der Waals surface area contributed by atoms with Gasteiger partial charge in [0.1, 0.15) is 17.0 Å². The highest BCUT2D eigenvalue weighted by molar-refractivity contribution is 5.74. The van der Waals surface area contributed by atoms with Crippen molar-refractivity contribution < 1.29 is 13.2 Å². The minimum atomic E-state index is -4.43. The van der Waals surface area contributed by atoms with Crippen LogP contribution in [0.2, 0.25) is 0 Å². The quantitative estimate of drug-likeness (QED) is 0.725. The van der Waals surface area contributed by atoms with E-state index < -0.39 is 11.9 Å². The molecule has 0 amide bonds. The molecule has 0 bridgehead atoms. The Hall–Kier alpha value is -2.91. The molecule has 3 aromatic rings. The Labute approximate surface area is 165 Å². The van der Waals surface area contributed by atoms with Gasteiger partial charge in [-0.25, -0.2) is 9.97 Å². The van der Waals surface area contributed by atoms with Gasteiger partial charge in [-0.15, -0.1) is 0 Å².